The molecule has 2 unspecified atom stereocenters. The lowest BCUT2D eigenvalue weighted by atomic mass is 9.71. The maximum Gasteiger partial charge on any atom is 0.200 e. The molecule has 30 heavy (non-hydrogen) atoms. The Morgan fingerprint density at radius 1 is 0.833 bits per heavy atom. The molecule has 1 aromatic carbocycles. The zero-order valence-corrected chi connectivity index (χ0v) is 18.7. The van der Waals surface area contributed by atoms with E-state index in [1.165, 1.54) is 38.5 Å². The van der Waals surface area contributed by atoms with Gasteiger partial charge in [0.2, 0.25) is 5.82 Å². The predicted molar refractivity (Wildman–Crippen MR) is 116 cm³/mol. The molecule has 2 saturated carbocycles. The SMILES string of the molecule is CCOc1ccc(C2CCC(C3CCC(C4CCC(C)CC4)OC3)CC2)c(F)c1F. The standard InChI is InChI=1S/C26H38F2O2/c1-3-29-24-15-13-22(25(27)26(24)28)19-10-8-18(9-11-19)21-12-14-23(30-16-21)20-6-4-17(2)5-7-20/h13,15,17-21,23H,3-12,14,16H2,1-2H3. The molecule has 2 aliphatic carbocycles. The third-order valence-corrected chi connectivity index (χ3v) is 8.19. The Kier molecular flexibility index (Phi) is 7.33. The van der Waals surface area contributed by atoms with Gasteiger partial charge in [0.1, 0.15) is 0 Å². The van der Waals surface area contributed by atoms with Crippen molar-refractivity contribution in [1.29, 1.82) is 0 Å². The second kappa shape index (κ2) is 9.97. The molecule has 1 saturated heterocycles. The van der Waals surface area contributed by atoms with Gasteiger partial charge < -0.3 is 9.47 Å². The van der Waals surface area contributed by atoms with E-state index < -0.39 is 11.6 Å². The van der Waals surface area contributed by atoms with Crippen LogP contribution in [0.4, 0.5) is 8.78 Å². The highest BCUT2D eigenvalue weighted by molar-refractivity contribution is 5.33. The minimum atomic E-state index is -0.833. The maximum atomic E-state index is 14.6. The number of halogens is 2. The van der Waals surface area contributed by atoms with Crippen LogP contribution in [0.2, 0.25) is 0 Å². The molecular weight excluding hydrogens is 382 g/mol. The lowest BCUT2D eigenvalue weighted by Crippen LogP contribution is -2.37. The molecule has 4 rings (SSSR count). The van der Waals surface area contributed by atoms with E-state index in [1.54, 1.807) is 19.1 Å². The first-order chi connectivity index (χ1) is 14.6. The van der Waals surface area contributed by atoms with Crippen molar-refractivity contribution in [3.63, 3.8) is 0 Å². The molecule has 0 amide bonds. The monoisotopic (exact) mass is 420 g/mol. The van der Waals surface area contributed by atoms with Crippen LogP contribution in [0.5, 0.6) is 5.75 Å². The molecule has 0 bridgehead atoms. The number of benzene rings is 1. The molecule has 4 heteroatoms. The molecule has 0 aromatic heterocycles. The van der Waals surface area contributed by atoms with Crippen LogP contribution in [0.25, 0.3) is 0 Å². The summed E-state index contributed by atoms with van der Waals surface area (Å²) >= 11 is 0. The van der Waals surface area contributed by atoms with Crippen LogP contribution >= 0.6 is 0 Å². The van der Waals surface area contributed by atoms with Crippen molar-refractivity contribution in [2.45, 2.75) is 90.1 Å². The molecule has 1 heterocycles. The molecule has 3 aliphatic rings. The van der Waals surface area contributed by atoms with Gasteiger partial charge in [-0.2, -0.15) is 4.39 Å². The van der Waals surface area contributed by atoms with Crippen molar-refractivity contribution in [3.8, 4) is 5.75 Å². The third kappa shape index (κ3) is 4.84. The zero-order chi connectivity index (χ0) is 21.1. The van der Waals surface area contributed by atoms with Crippen molar-refractivity contribution < 1.29 is 18.3 Å². The fourth-order valence-corrected chi connectivity index (χ4v) is 6.22. The largest absolute Gasteiger partial charge is 0.491 e. The van der Waals surface area contributed by atoms with Crippen molar-refractivity contribution in [3.05, 3.63) is 29.3 Å². The summed E-state index contributed by atoms with van der Waals surface area (Å²) in [6, 6.07) is 3.32. The highest BCUT2D eigenvalue weighted by Gasteiger charge is 2.35. The van der Waals surface area contributed by atoms with Gasteiger partial charge in [0.05, 0.1) is 19.3 Å². The highest BCUT2D eigenvalue weighted by atomic mass is 19.2. The highest BCUT2D eigenvalue weighted by Crippen LogP contribution is 2.44. The fourth-order valence-electron chi connectivity index (χ4n) is 6.22. The first kappa shape index (κ1) is 22.0. The van der Waals surface area contributed by atoms with E-state index in [2.05, 4.69) is 6.92 Å². The van der Waals surface area contributed by atoms with Gasteiger partial charge in [-0.1, -0.05) is 25.8 Å². The van der Waals surface area contributed by atoms with E-state index >= 15 is 0 Å². The fraction of sp³-hybridized carbons (Fsp3) is 0.769. The van der Waals surface area contributed by atoms with Gasteiger partial charge in [0.25, 0.3) is 0 Å². The van der Waals surface area contributed by atoms with Crippen molar-refractivity contribution in [1.82, 2.24) is 0 Å². The number of rotatable bonds is 5. The minimum absolute atomic E-state index is 0.0220. The van der Waals surface area contributed by atoms with Gasteiger partial charge in [-0.05, 0) is 99.5 Å². The van der Waals surface area contributed by atoms with Crippen LogP contribution in [-0.4, -0.2) is 19.3 Å². The van der Waals surface area contributed by atoms with E-state index in [-0.39, 0.29) is 11.7 Å². The second-order valence-corrected chi connectivity index (χ2v) is 10.1. The molecule has 0 N–H and O–H groups in total. The van der Waals surface area contributed by atoms with E-state index in [4.69, 9.17) is 9.47 Å². The molecule has 1 aromatic rings. The zero-order valence-electron chi connectivity index (χ0n) is 18.7. The first-order valence-electron chi connectivity index (χ1n) is 12.3. The Bertz CT molecular complexity index is 683. The summed E-state index contributed by atoms with van der Waals surface area (Å²) in [7, 11) is 0. The van der Waals surface area contributed by atoms with Gasteiger partial charge in [0.15, 0.2) is 11.6 Å². The number of hydrogen-bond acceptors (Lipinski definition) is 2. The summed E-state index contributed by atoms with van der Waals surface area (Å²) in [4.78, 5) is 0. The summed E-state index contributed by atoms with van der Waals surface area (Å²) in [6.45, 7) is 5.39. The molecule has 3 fully saturated rings. The third-order valence-electron chi connectivity index (χ3n) is 8.19. The number of ether oxygens (including phenoxy) is 2. The predicted octanol–water partition coefficient (Wildman–Crippen LogP) is 7.26. The Morgan fingerprint density at radius 3 is 2.13 bits per heavy atom. The van der Waals surface area contributed by atoms with Crippen LogP contribution < -0.4 is 4.74 Å². The normalized spacial score (nSPS) is 35.2. The van der Waals surface area contributed by atoms with Gasteiger partial charge in [-0.25, -0.2) is 4.39 Å². The Morgan fingerprint density at radius 2 is 1.50 bits per heavy atom. The van der Waals surface area contributed by atoms with E-state index in [0.29, 0.717) is 30.1 Å². The topological polar surface area (TPSA) is 18.5 Å². The van der Waals surface area contributed by atoms with Crippen LogP contribution in [0.3, 0.4) is 0 Å². The second-order valence-electron chi connectivity index (χ2n) is 10.1. The van der Waals surface area contributed by atoms with Crippen LogP contribution in [0.1, 0.15) is 89.5 Å². The summed E-state index contributed by atoms with van der Waals surface area (Å²) in [6.07, 6.45) is 12.4. The quantitative estimate of drug-likeness (QED) is 0.499. The molecule has 1 aliphatic heterocycles. The summed E-state index contributed by atoms with van der Waals surface area (Å²) in [5.74, 6) is 1.57. The van der Waals surface area contributed by atoms with Crippen LogP contribution in [0.15, 0.2) is 12.1 Å². The molecule has 0 spiro atoms. The Hall–Kier alpha value is -1.16. The molecule has 2 atom stereocenters. The minimum Gasteiger partial charge on any atom is -0.491 e. The van der Waals surface area contributed by atoms with E-state index in [0.717, 1.165) is 44.1 Å². The van der Waals surface area contributed by atoms with Crippen molar-refractivity contribution in [2.24, 2.45) is 23.7 Å². The van der Waals surface area contributed by atoms with Gasteiger partial charge in [0, 0.05) is 0 Å². The van der Waals surface area contributed by atoms with E-state index in [9.17, 15) is 8.78 Å². The molecule has 2 nitrogen and oxygen atoms in total. The van der Waals surface area contributed by atoms with Crippen LogP contribution in [-0.2, 0) is 4.74 Å². The maximum absolute atomic E-state index is 14.6. The first-order valence-corrected chi connectivity index (χ1v) is 12.3. The Balaban J connectivity index is 1.27. The van der Waals surface area contributed by atoms with Crippen molar-refractivity contribution in [2.75, 3.05) is 13.2 Å². The lowest BCUT2D eigenvalue weighted by Gasteiger charge is -2.41. The van der Waals surface area contributed by atoms with Crippen LogP contribution in [0, 0.1) is 35.3 Å². The summed E-state index contributed by atoms with van der Waals surface area (Å²) < 4.78 is 40.4. The van der Waals surface area contributed by atoms with Gasteiger partial charge in [-0.3, -0.25) is 0 Å². The molecule has 168 valence electrons. The van der Waals surface area contributed by atoms with E-state index in [1.807, 2.05) is 0 Å². The summed E-state index contributed by atoms with van der Waals surface area (Å²) in [5.41, 5.74) is 0.529. The number of hydrogen-bond donors (Lipinski definition) is 0. The Labute approximate surface area is 180 Å². The van der Waals surface area contributed by atoms with Gasteiger partial charge >= 0.3 is 0 Å². The summed E-state index contributed by atoms with van der Waals surface area (Å²) in [5, 5.41) is 0. The smallest absolute Gasteiger partial charge is 0.200 e. The average molecular weight is 421 g/mol. The molecule has 0 radical (unpaired) electrons. The lowest BCUT2D eigenvalue weighted by molar-refractivity contribution is -0.0727. The van der Waals surface area contributed by atoms with Crippen molar-refractivity contribution >= 4 is 0 Å². The molecular formula is C26H38F2O2. The van der Waals surface area contributed by atoms with Gasteiger partial charge in [-0.15, -0.1) is 0 Å². The average Bonchev–Trinajstić information content (AvgIpc) is 2.78.